The van der Waals surface area contributed by atoms with Gasteiger partial charge in [-0.2, -0.15) is 5.10 Å². The van der Waals surface area contributed by atoms with E-state index in [-0.39, 0.29) is 18.1 Å². The van der Waals surface area contributed by atoms with E-state index >= 15 is 0 Å². The highest BCUT2D eigenvalue weighted by molar-refractivity contribution is 7.15. The number of rotatable bonds is 4. The van der Waals surface area contributed by atoms with Crippen LogP contribution in [0.5, 0.6) is 0 Å². The maximum Gasteiger partial charge on any atom is 0.343 e. The molecule has 0 atom stereocenters. The molecule has 25 heavy (non-hydrogen) atoms. The zero-order valence-electron chi connectivity index (χ0n) is 13.3. The van der Waals surface area contributed by atoms with Gasteiger partial charge in [-0.05, 0) is 29.8 Å². The summed E-state index contributed by atoms with van der Waals surface area (Å²) in [6.07, 6.45) is 3.33. The fourth-order valence-corrected chi connectivity index (χ4v) is 3.48. The van der Waals surface area contributed by atoms with E-state index in [1.807, 2.05) is 18.3 Å². The largest absolute Gasteiger partial charge is 0.357 e. The predicted octanol–water partition coefficient (Wildman–Crippen LogP) is 2.75. The highest BCUT2D eigenvalue weighted by Gasteiger charge is 2.07. The number of nitrogens with one attached hydrogen (secondary N) is 2. The molecule has 0 amide bonds. The first-order valence-electron chi connectivity index (χ1n) is 7.36. The molecule has 9 heteroatoms. The highest BCUT2D eigenvalue weighted by Crippen LogP contribution is 2.30. The summed E-state index contributed by atoms with van der Waals surface area (Å²) in [4.78, 5) is 22.4. The van der Waals surface area contributed by atoms with Crippen molar-refractivity contribution < 1.29 is 0 Å². The van der Waals surface area contributed by atoms with Crippen LogP contribution in [0.25, 0.3) is 21.3 Å². The molecule has 1 aromatic carbocycles. The van der Waals surface area contributed by atoms with Crippen molar-refractivity contribution in [2.75, 3.05) is 12.4 Å². The third-order valence-corrected chi connectivity index (χ3v) is 4.81. The minimum Gasteiger partial charge on any atom is -0.357 e. The first-order valence-corrected chi connectivity index (χ1v) is 8.18. The third kappa shape index (κ3) is 3.40. The van der Waals surface area contributed by atoms with E-state index in [2.05, 4.69) is 43.7 Å². The lowest BCUT2D eigenvalue weighted by Gasteiger charge is -2.03. The quantitative estimate of drug-likeness (QED) is 0.573. The molecule has 0 bridgehead atoms. The van der Waals surface area contributed by atoms with Crippen LogP contribution in [0, 0.1) is 0 Å². The molecule has 3 heterocycles. The summed E-state index contributed by atoms with van der Waals surface area (Å²) in [6.45, 7) is 0.516. The molecule has 0 fully saturated rings. The summed E-state index contributed by atoms with van der Waals surface area (Å²) in [5, 5.41) is 10.1. The van der Waals surface area contributed by atoms with E-state index in [0.717, 1.165) is 26.2 Å². The molecule has 4 aromatic rings. The van der Waals surface area contributed by atoms with Crippen LogP contribution in [0.2, 0.25) is 0 Å². The molecule has 3 aromatic heterocycles. The predicted molar refractivity (Wildman–Crippen MR) is 102 cm³/mol. The minimum atomic E-state index is -0.201. The second-order valence-corrected chi connectivity index (χ2v) is 6.44. The van der Waals surface area contributed by atoms with Crippen LogP contribution in [0.1, 0.15) is 4.88 Å². The number of H-pyrrole nitrogens is 1. The van der Waals surface area contributed by atoms with Crippen molar-refractivity contribution in [2.45, 2.75) is 6.54 Å². The molecule has 0 unspecified atom stereocenters. The Morgan fingerprint density at radius 2 is 2.16 bits per heavy atom. The average molecular weight is 375 g/mol. The van der Waals surface area contributed by atoms with Crippen LogP contribution >= 0.6 is 23.7 Å². The fourth-order valence-electron chi connectivity index (χ4n) is 2.48. The Bertz CT molecular complexity index is 1070. The molecular formula is C16H15ClN6OS. The third-order valence-electron chi connectivity index (χ3n) is 3.69. The number of thiophene rings is 1. The summed E-state index contributed by atoms with van der Waals surface area (Å²) in [5.74, 6) is 0.610. The van der Waals surface area contributed by atoms with Crippen molar-refractivity contribution in [2.24, 2.45) is 0 Å². The van der Waals surface area contributed by atoms with Crippen molar-refractivity contribution >= 4 is 40.6 Å². The smallest absolute Gasteiger partial charge is 0.343 e. The Morgan fingerprint density at radius 3 is 2.92 bits per heavy atom. The van der Waals surface area contributed by atoms with Crippen LogP contribution in [-0.4, -0.2) is 31.8 Å². The van der Waals surface area contributed by atoms with Gasteiger partial charge >= 0.3 is 5.69 Å². The van der Waals surface area contributed by atoms with Crippen LogP contribution in [0.15, 0.2) is 47.7 Å². The van der Waals surface area contributed by atoms with Gasteiger partial charge in [-0.15, -0.1) is 23.7 Å². The number of hydrogen-bond acceptors (Lipinski definition) is 6. The van der Waals surface area contributed by atoms with Crippen molar-refractivity contribution in [1.82, 2.24) is 24.7 Å². The van der Waals surface area contributed by atoms with Gasteiger partial charge in [0.1, 0.15) is 6.33 Å². The number of benzene rings is 1. The Hall–Kier alpha value is -2.71. The summed E-state index contributed by atoms with van der Waals surface area (Å²) in [5.41, 5.74) is 1.81. The summed E-state index contributed by atoms with van der Waals surface area (Å²) in [7, 11) is 1.80. The monoisotopic (exact) mass is 374 g/mol. The summed E-state index contributed by atoms with van der Waals surface area (Å²) >= 11 is 1.65. The number of aromatic amines is 1. The average Bonchev–Trinajstić information content (AvgIpc) is 3.24. The lowest BCUT2D eigenvalue weighted by atomic mass is 10.1. The highest BCUT2D eigenvalue weighted by atomic mass is 35.5. The van der Waals surface area contributed by atoms with Gasteiger partial charge in [0.2, 0.25) is 5.95 Å². The molecule has 7 nitrogen and oxygen atoms in total. The molecule has 0 spiro atoms. The van der Waals surface area contributed by atoms with E-state index < -0.39 is 0 Å². The van der Waals surface area contributed by atoms with Gasteiger partial charge in [-0.1, -0.05) is 6.07 Å². The van der Waals surface area contributed by atoms with Gasteiger partial charge in [0.25, 0.3) is 0 Å². The van der Waals surface area contributed by atoms with Gasteiger partial charge in [0, 0.05) is 28.4 Å². The number of aromatic nitrogens is 5. The van der Waals surface area contributed by atoms with Gasteiger partial charge in [0.05, 0.1) is 12.1 Å². The molecule has 0 aliphatic rings. The number of hydrogen-bond donors (Lipinski definition) is 2. The standard InChI is InChI=1S/C16H14N6OS.ClH/c1-17-15-18-7-11-6-10(2-4-13(11)20-15)14-5-3-12(24-14)8-22-9-19-21-16(22)23;/h2-7,9H,8H2,1H3,(H,21,23)(H,17,18,20);1H. The van der Waals surface area contributed by atoms with Crippen molar-refractivity contribution in [1.29, 1.82) is 0 Å². The van der Waals surface area contributed by atoms with Crippen LogP contribution in [0.3, 0.4) is 0 Å². The molecule has 0 aliphatic carbocycles. The molecule has 0 radical (unpaired) electrons. The van der Waals surface area contributed by atoms with Crippen molar-refractivity contribution in [3.63, 3.8) is 0 Å². The number of anilines is 1. The number of fused-ring (bicyclic) bond motifs is 1. The Balaban J connectivity index is 0.00000182. The normalized spacial score (nSPS) is 10.6. The molecule has 2 N–H and O–H groups in total. The van der Waals surface area contributed by atoms with E-state index in [1.165, 1.54) is 6.33 Å². The maximum absolute atomic E-state index is 11.5. The summed E-state index contributed by atoms with van der Waals surface area (Å²) < 4.78 is 1.54. The van der Waals surface area contributed by atoms with Gasteiger partial charge in [-0.3, -0.25) is 4.57 Å². The molecule has 0 saturated heterocycles. The Kier molecular flexibility index (Phi) is 4.82. The van der Waals surface area contributed by atoms with Crippen LogP contribution < -0.4 is 11.0 Å². The second-order valence-electron chi connectivity index (χ2n) is 5.27. The Morgan fingerprint density at radius 1 is 1.28 bits per heavy atom. The number of halogens is 1. The van der Waals surface area contributed by atoms with Gasteiger partial charge in [0.15, 0.2) is 0 Å². The van der Waals surface area contributed by atoms with E-state index in [0.29, 0.717) is 12.5 Å². The van der Waals surface area contributed by atoms with Gasteiger partial charge < -0.3 is 5.32 Å². The SMILES string of the molecule is CNc1ncc2cc(-c3ccc(Cn4cn[nH]c4=O)s3)ccc2n1.Cl. The summed E-state index contributed by atoms with van der Waals surface area (Å²) in [6, 6.07) is 10.2. The second kappa shape index (κ2) is 7.04. The number of nitrogens with zero attached hydrogens (tertiary/aromatic N) is 4. The molecular weight excluding hydrogens is 360 g/mol. The molecule has 4 rings (SSSR count). The Labute approximate surface area is 153 Å². The maximum atomic E-state index is 11.5. The molecule has 0 aliphatic heterocycles. The zero-order chi connectivity index (χ0) is 16.5. The minimum absolute atomic E-state index is 0. The first kappa shape index (κ1) is 17.1. The van der Waals surface area contributed by atoms with E-state index in [9.17, 15) is 4.79 Å². The van der Waals surface area contributed by atoms with Crippen LogP contribution in [-0.2, 0) is 6.54 Å². The van der Waals surface area contributed by atoms with Gasteiger partial charge in [-0.25, -0.2) is 19.9 Å². The lowest BCUT2D eigenvalue weighted by molar-refractivity contribution is 0.772. The fraction of sp³-hybridized carbons (Fsp3) is 0.125. The zero-order valence-corrected chi connectivity index (χ0v) is 14.9. The van der Waals surface area contributed by atoms with E-state index in [4.69, 9.17) is 0 Å². The lowest BCUT2D eigenvalue weighted by Crippen LogP contribution is -2.16. The molecule has 0 saturated carbocycles. The molecule has 128 valence electrons. The first-order chi connectivity index (χ1) is 11.7. The van der Waals surface area contributed by atoms with E-state index in [1.54, 1.807) is 23.0 Å². The van der Waals surface area contributed by atoms with Crippen molar-refractivity contribution in [3.8, 4) is 10.4 Å². The van der Waals surface area contributed by atoms with Crippen molar-refractivity contribution in [3.05, 3.63) is 58.2 Å². The van der Waals surface area contributed by atoms with Crippen LogP contribution in [0.4, 0.5) is 5.95 Å². The topological polar surface area (TPSA) is 88.5 Å².